The number of halogens is 3. The van der Waals surface area contributed by atoms with Crippen LogP contribution in [0, 0.1) is 5.92 Å². The van der Waals surface area contributed by atoms with Crippen LogP contribution < -0.4 is 16.4 Å². The van der Waals surface area contributed by atoms with Crippen molar-refractivity contribution >= 4 is 11.8 Å². The van der Waals surface area contributed by atoms with Gasteiger partial charge in [0.25, 0.3) is 0 Å². The van der Waals surface area contributed by atoms with Gasteiger partial charge in [0.15, 0.2) is 0 Å². The number of nitrogens with one attached hydrogen (secondary N) is 2. The van der Waals surface area contributed by atoms with Crippen LogP contribution in [0.1, 0.15) is 25.0 Å². The molecule has 0 unspecified atom stereocenters. The molecule has 1 aliphatic heterocycles. The number of hydrogen-bond acceptors (Lipinski definition) is 5. The molecule has 0 spiro atoms. The van der Waals surface area contributed by atoms with Crippen molar-refractivity contribution in [1.82, 2.24) is 15.3 Å². The summed E-state index contributed by atoms with van der Waals surface area (Å²) in [6, 6.07) is 7.17. The molecule has 2 atom stereocenters. The van der Waals surface area contributed by atoms with Gasteiger partial charge in [0, 0.05) is 24.2 Å². The molecule has 1 saturated heterocycles. The third-order valence-electron chi connectivity index (χ3n) is 5.13. The molecule has 5 nitrogen and oxygen atoms in total. The van der Waals surface area contributed by atoms with Crippen molar-refractivity contribution in [1.29, 1.82) is 0 Å². The Kier molecular flexibility index (Phi) is 5.28. The van der Waals surface area contributed by atoms with Crippen molar-refractivity contribution in [2.45, 2.75) is 38.9 Å². The second kappa shape index (κ2) is 7.34. The van der Waals surface area contributed by atoms with E-state index >= 15 is 0 Å². The number of alkyl halides is 3. The molecule has 1 aromatic carbocycles. The molecular formula is C19H24F3N5. The van der Waals surface area contributed by atoms with Crippen molar-refractivity contribution in [2.24, 2.45) is 5.92 Å². The summed E-state index contributed by atoms with van der Waals surface area (Å²) in [5, 5.41) is 5.83. The van der Waals surface area contributed by atoms with Gasteiger partial charge in [0.1, 0.15) is 5.82 Å². The standard InChI is InChI=1S/C18H20F3N5.CH4/c19-18(20,21)13-8-23-9-14(13)24-16-12-7-3-5-10-4-1-2-6-11(10)15(12)25-17(22)26-16;/h1-2,4,6,13-14,23H,3,5,7-9H2,(H3,22,24,25,26);1H4/t13-,14-;/m0./s1. The molecule has 0 saturated carbocycles. The lowest BCUT2D eigenvalue weighted by atomic mass is 10.0. The van der Waals surface area contributed by atoms with Crippen LogP contribution in [0.2, 0.25) is 0 Å². The zero-order valence-electron chi connectivity index (χ0n) is 14.1. The van der Waals surface area contributed by atoms with E-state index in [1.54, 1.807) is 0 Å². The fourth-order valence-electron chi connectivity index (χ4n) is 3.86. The van der Waals surface area contributed by atoms with Crippen molar-refractivity contribution < 1.29 is 13.2 Å². The highest BCUT2D eigenvalue weighted by molar-refractivity contribution is 5.73. The summed E-state index contributed by atoms with van der Waals surface area (Å²) in [4.78, 5) is 8.65. The van der Waals surface area contributed by atoms with E-state index in [-0.39, 0.29) is 26.5 Å². The van der Waals surface area contributed by atoms with Gasteiger partial charge in [0.2, 0.25) is 5.95 Å². The molecule has 1 aromatic heterocycles. The zero-order chi connectivity index (χ0) is 18.3. The van der Waals surface area contributed by atoms with Crippen molar-refractivity contribution in [3.63, 3.8) is 0 Å². The van der Waals surface area contributed by atoms with E-state index in [0.717, 1.165) is 29.7 Å². The van der Waals surface area contributed by atoms with Crippen molar-refractivity contribution in [2.75, 3.05) is 24.1 Å². The number of fused-ring (bicyclic) bond motifs is 3. The van der Waals surface area contributed by atoms with E-state index < -0.39 is 18.1 Å². The van der Waals surface area contributed by atoms with E-state index in [4.69, 9.17) is 5.73 Å². The van der Waals surface area contributed by atoms with Gasteiger partial charge in [-0.1, -0.05) is 31.7 Å². The topological polar surface area (TPSA) is 75.9 Å². The monoisotopic (exact) mass is 379 g/mol. The van der Waals surface area contributed by atoms with Crippen LogP contribution in [-0.2, 0) is 12.8 Å². The first-order valence-electron chi connectivity index (χ1n) is 8.72. The maximum absolute atomic E-state index is 13.3. The fourth-order valence-corrected chi connectivity index (χ4v) is 3.86. The van der Waals surface area contributed by atoms with E-state index in [0.29, 0.717) is 12.2 Å². The first-order valence-corrected chi connectivity index (χ1v) is 8.72. The number of benzene rings is 1. The second-order valence-corrected chi connectivity index (χ2v) is 6.83. The number of nitrogen functional groups attached to an aromatic ring is 1. The number of anilines is 2. The van der Waals surface area contributed by atoms with E-state index in [1.807, 2.05) is 18.2 Å². The summed E-state index contributed by atoms with van der Waals surface area (Å²) >= 11 is 0. The number of nitrogens with two attached hydrogens (primary N) is 1. The van der Waals surface area contributed by atoms with Gasteiger partial charge in [-0.2, -0.15) is 18.2 Å². The Morgan fingerprint density at radius 2 is 1.89 bits per heavy atom. The van der Waals surface area contributed by atoms with Crippen LogP contribution in [0.5, 0.6) is 0 Å². The molecule has 0 bridgehead atoms. The minimum absolute atomic E-state index is 0. The number of rotatable bonds is 2. The molecular weight excluding hydrogens is 355 g/mol. The number of aromatic nitrogens is 2. The Morgan fingerprint density at radius 3 is 2.67 bits per heavy atom. The fraction of sp³-hybridized carbons (Fsp3) is 0.474. The molecule has 146 valence electrons. The summed E-state index contributed by atoms with van der Waals surface area (Å²) in [5.41, 5.74) is 9.61. The largest absolute Gasteiger partial charge is 0.395 e. The molecule has 4 rings (SSSR count). The summed E-state index contributed by atoms with van der Waals surface area (Å²) in [5.74, 6) is -0.961. The molecule has 1 fully saturated rings. The molecule has 0 amide bonds. The van der Waals surface area contributed by atoms with Crippen LogP contribution in [0.4, 0.5) is 24.9 Å². The summed E-state index contributed by atoms with van der Waals surface area (Å²) < 4.78 is 39.8. The first-order chi connectivity index (χ1) is 12.4. The van der Waals surface area contributed by atoms with Crippen LogP contribution in [0.15, 0.2) is 24.3 Å². The molecule has 8 heteroatoms. The quantitative estimate of drug-likeness (QED) is 0.746. The van der Waals surface area contributed by atoms with Crippen LogP contribution >= 0.6 is 0 Å². The smallest absolute Gasteiger partial charge is 0.368 e. The normalized spacial score (nSPS) is 21.6. The predicted molar refractivity (Wildman–Crippen MR) is 100 cm³/mol. The summed E-state index contributed by atoms with van der Waals surface area (Å²) in [6.45, 7) is 0.145. The van der Waals surface area contributed by atoms with Gasteiger partial charge >= 0.3 is 6.18 Å². The Bertz CT molecular complexity index is 821. The lowest BCUT2D eigenvalue weighted by molar-refractivity contribution is -0.170. The van der Waals surface area contributed by atoms with Crippen LogP contribution in [0.3, 0.4) is 0 Å². The van der Waals surface area contributed by atoms with Gasteiger partial charge in [-0.25, -0.2) is 4.98 Å². The minimum Gasteiger partial charge on any atom is -0.368 e. The van der Waals surface area contributed by atoms with E-state index in [9.17, 15) is 13.2 Å². The Hall–Kier alpha value is -2.35. The zero-order valence-corrected chi connectivity index (χ0v) is 14.1. The Morgan fingerprint density at radius 1 is 1.11 bits per heavy atom. The molecule has 2 heterocycles. The Balaban J connectivity index is 0.00000210. The number of nitrogens with zero attached hydrogens (tertiary/aromatic N) is 2. The van der Waals surface area contributed by atoms with E-state index in [1.165, 1.54) is 5.56 Å². The molecule has 1 aliphatic carbocycles. The van der Waals surface area contributed by atoms with Crippen LogP contribution in [0.25, 0.3) is 11.3 Å². The van der Waals surface area contributed by atoms with E-state index in [2.05, 4.69) is 26.7 Å². The summed E-state index contributed by atoms with van der Waals surface area (Å²) in [6.07, 6.45) is -1.79. The third kappa shape index (κ3) is 3.71. The first kappa shape index (κ1) is 19.4. The average molecular weight is 379 g/mol. The van der Waals surface area contributed by atoms with Gasteiger partial charge in [0.05, 0.1) is 17.7 Å². The number of aryl methyl sites for hydroxylation is 1. The molecule has 27 heavy (non-hydrogen) atoms. The maximum atomic E-state index is 13.3. The SMILES string of the molecule is C.Nc1nc(N[C@H]2CNC[C@@H]2C(F)(F)F)c2c(n1)-c1ccccc1CCC2. The van der Waals surface area contributed by atoms with Gasteiger partial charge in [-0.3, -0.25) is 0 Å². The minimum atomic E-state index is -4.26. The molecule has 2 aliphatic rings. The highest BCUT2D eigenvalue weighted by Gasteiger charge is 2.47. The number of hydrogen-bond donors (Lipinski definition) is 3. The van der Waals surface area contributed by atoms with Crippen molar-refractivity contribution in [3.05, 3.63) is 35.4 Å². The van der Waals surface area contributed by atoms with Crippen LogP contribution in [-0.4, -0.2) is 35.3 Å². The van der Waals surface area contributed by atoms with Gasteiger partial charge in [-0.05, 0) is 24.8 Å². The molecule has 4 N–H and O–H groups in total. The average Bonchev–Trinajstić information content (AvgIpc) is 2.97. The molecule has 2 aromatic rings. The maximum Gasteiger partial charge on any atom is 0.395 e. The summed E-state index contributed by atoms with van der Waals surface area (Å²) in [7, 11) is 0. The lowest BCUT2D eigenvalue weighted by Gasteiger charge is -2.24. The second-order valence-electron chi connectivity index (χ2n) is 6.83. The van der Waals surface area contributed by atoms with Gasteiger partial charge < -0.3 is 16.4 Å². The van der Waals surface area contributed by atoms with Crippen molar-refractivity contribution in [3.8, 4) is 11.3 Å². The lowest BCUT2D eigenvalue weighted by Crippen LogP contribution is -2.38. The molecule has 0 radical (unpaired) electrons. The Labute approximate surface area is 156 Å². The predicted octanol–water partition coefficient (Wildman–Crippen LogP) is 3.41. The highest BCUT2D eigenvalue weighted by atomic mass is 19.4. The highest BCUT2D eigenvalue weighted by Crippen LogP contribution is 2.37. The third-order valence-corrected chi connectivity index (χ3v) is 5.13. The van der Waals surface area contributed by atoms with Gasteiger partial charge in [-0.15, -0.1) is 0 Å².